The molecule has 2 unspecified atom stereocenters. The van der Waals surface area contributed by atoms with E-state index in [0.29, 0.717) is 81.0 Å². The second-order valence-corrected chi connectivity index (χ2v) is 45.9. The number of hydrogen-bond donors (Lipinski definition) is 6. The van der Waals surface area contributed by atoms with Crippen molar-refractivity contribution in [2.24, 2.45) is 19.5 Å². The van der Waals surface area contributed by atoms with Gasteiger partial charge in [0.25, 0.3) is 17.7 Å². The Kier molecular flexibility index (Phi) is 33.9. The molecule has 35 nitrogen and oxygen atoms in total. The van der Waals surface area contributed by atoms with Gasteiger partial charge in [0.05, 0.1) is 79.6 Å². The highest BCUT2D eigenvalue weighted by Gasteiger charge is 2.48. The van der Waals surface area contributed by atoms with Crippen molar-refractivity contribution in [1.29, 1.82) is 0 Å². The highest BCUT2D eigenvalue weighted by atomic mass is 32.2. The van der Waals surface area contributed by atoms with Gasteiger partial charge in [-0.15, -0.1) is 21.5 Å². The number of likely N-dealkylation sites (tertiary alicyclic amines) is 2. The van der Waals surface area contributed by atoms with Gasteiger partial charge in [0.15, 0.2) is 6.61 Å². The molecule has 5 aliphatic rings. The Balaban J connectivity index is 0.000000214. The molecule has 10 atom stereocenters. The first-order chi connectivity index (χ1) is 71.5. The largest absolute Gasteiger partial charge is 0.494 e. The van der Waals surface area contributed by atoms with Gasteiger partial charge in [-0.2, -0.15) is 8.61 Å². The smallest absolute Gasteiger partial charge is 0.304 e. The number of unbranched alkanes of at least 4 members (excludes halogenated alkanes) is 6. The number of ether oxygens (including phenoxy) is 5. The Morgan fingerprint density at radius 2 is 1.15 bits per heavy atom. The molecule has 9 aromatic carbocycles. The molecule has 17 rings (SSSR count). The van der Waals surface area contributed by atoms with Crippen molar-refractivity contribution in [2.45, 2.75) is 249 Å². The quantitative estimate of drug-likeness (QED) is 0.0155. The molecule has 0 aliphatic carbocycles. The SMILES string of the molecule is COc1cc([C@@H](CC(C)=O)c2ccc(C)c(CN3C[C@@H](C)Oc4cc(CCCCCCNC(=O)COc5cc6c7c(cccc7c5)C(=O)N(C5CCC(=O)N(C)C5O)C6=O)ccc4S3(=O)=O)c2)cc2nnn(C)c12.COc1cc([C@H](CC(=O)O)c2ccc(C)c(CN3C[C@H](C)Oc4cc(CCCCCCN[C@H](C(=O)N5C[C@@H](O)C[C@@H]5C(=O)N[C@H](C)c5ccc(-c6scnc6C)cc5)C(C)(C)C)ccc4S3(=O)=O)c2)cc2nnn(C)c12. The number of aliphatic hydroxyl groups excluding tert-OH is 2. The number of methoxy groups -OCH3 is 2. The summed E-state index contributed by atoms with van der Waals surface area (Å²) < 4.78 is 93.7. The lowest BCUT2D eigenvalue weighted by atomic mass is 9.85. The number of benzene rings is 9. The summed E-state index contributed by atoms with van der Waals surface area (Å²) in [7, 11) is 0.140. The highest BCUT2D eigenvalue weighted by molar-refractivity contribution is 7.89. The van der Waals surface area contributed by atoms with Crippen LogP contribution >= 0.6 is 11.3 Å². The molecule has 8 heterocycles. The van der Waals surface area contributed by atoms with Gasteiger partial charge in [-0.1, -0.05) is 142 Å². The van der Waals surface area contributed by atoms with E-state index < -0.39 is 91.8 Å². The molecule has 5 aliphatic heterocycles. The standard InChI is InChI=1S/C57H72N8O9S2.C55H61N7O11S/c1-34-15-17-41(45(29-51(67)68)42-26-46-52(49(27-42)73-9)63(8)62-61-46)25-43(34)31-64-30-35(2)74-48-24-38(16-22-50(48)76(64,71)72)14-12-10-11-13-23-58-54(57(5,6)7)56(70)65-32-44(66)28-47(65)55(69)60-36(3)39-18-20-40(21-19-39)53-37(4)59-33-75-53;1-32-15-17-36(42(22-33(2)63)38-26-44-52(47(27-38)71-6)60(5)58-57-44)24-39(32)30-61-29-34(3)73-46-23-35(16-19-48(46)74(61,69)70)12-9-7-8-10-21-56-49(64)31-72-40-25-37-13-11-14-41-51(37)43(28-40)54(67)62(53(41)66)45-18-20-50(65)59(4)55(45)68/h15-22,24-27,33,35-36,44-45,47,54,58,66H,10-14,23,28-32H2,1-9H3,(H,60,69)(H,67,68);11,13-17,19,23-28,34,42,45,55,68H,7-10,12,18,20-22,29-31H2,1-6H3,(H,56,64)/t35-,36+,44-,45+,47+,54+;34-,42+,45?,55?/m01/s1. The number of fused-ring (bicyclic) bond motifs is 4. The number of ketones is 1. The molecule has 0 spiro atoms. The van der Waals surface area contributed by atoms with Gasteiger partial charge in [0.2, 0.25) is 37.8 Å². The number of sulfonamides is 2. The molecular weight excluding hydrogens is 1970 g/mol. The highest BCUT2D eigenvalue weighted by Crippen LogP contribution is 2.44. The summed E-state index contributed by atoms with van der Waals surface area (Å²) in [6.07, 6.45) is 5.60. The fourth-order valence-corrected chi connectivity index (χ4v) is 25.0. The van der Waals surface area contributed by atoms with Crippen LogP contribution in [0.4, 0.5) is 0 Å². The summed E-state index contributed by atoms with van der Waals surface area (Å²) in [5.74, 6) is -2.12. The minimum atomic E-state index is -4.01. The first-order valence-electron chi connectivity index (χ1n) is 51.1. The number of carboxylic acids is 1. The van der Waals surface area contributed by atoms with Crippen LogP contribution in [-0.2, 0) is 88.8 Å². The Labute approximate surface area is 877 Å². The summed E-state index contributed by atoms with van der Waals surface area (Å²) in [5.41, 5.74) is 15.9. The first kappa shape index (κ1) is 109. The number of aromatic nitrogens is 7. The minimum absolute atomic E-state index is 0.00492. The van der Waals surface area contributed by atoms with E-state index in [0.717, 1.165) is 145 Å². The summed E-state index contributed by atoms with van der Waals surface area (Å²) in [6.45, 7) is 20.3. The number of β-amino-alcohol motifs (C(OH)–C–C–N with tert-alkyl or cyclic N) is 1. The van der Waals surface area contributed by atoms with E-state index in [-0.39, 0.29) is 134 Å². The number of thiazole rings is 1. The number of carbonyl (C=O) groups is 8. The second-order valence-electron chi connectivity index (χ2n) is 41.2. The molecule has 12 aromatic rings. The third-order valence-corrected chi connectivity index (χ3v) is 33.8. The van der Waals surface area contributed by atoms with Gasteiger partial charge in [-0.3, -0.25) is 43.3 Å². The number of imide groups is 1. The van der Waals surface area contributed by atoms with Crippen LogP contribution in [0.3, 0.4) is 0 Å². The fourth-order valence-electron chi connectivity index (χ4n) is 21.0. The summed E-state index contributed by atoms with van der Waals surface area (Å²) >= 11 is 1.59. The number of aryl methyl sites for hydroxylation is 7. The van der Waals surface area contributed by atoms with Gasteiger partial charge >= 0.3 is 5.97 Å². The molecule has 2 saturated heterocycles. The third kappa shape index (κ3) is 24.2. The van der Waals surface area contributed by atoms with E-state index in [1.54, 1.807) is 97.2 Å². The van der Waals surface area contributed by atoms with Gasteiger partial charge < -0.3 is 64.8 Å². The maximum atomic E-state index is 14.4. The van der Waals surface area contributed by atoms with Crippen molar-refractivity contribution in [3.05, 3.63) is 235 Å². The lowest BCUT2D eigenvalue weighted by Crippen LogP contribution is -2.59. The second kappa shape index (κ2) is 46.6. The molecule has 0 saturated carbocycles. The van der Waals surface area contributed by atoms with Crippen molar-refractivity contribution < 1.29 is 94.2 Å². The molecule has 150 heavy (non-hydrogen) atoms. The predicted octanol–water partition coefficient (Wildman–Crippen LogP) is 14.6. The summed E-state index contributed by atoms with van der Waals surface area (Å²) in [6, 6.07) is 43.5. The van der Waals surface area contributed by atoms with E-state index in [9.17, 15) is 70.5 Å². The molecule has 6 amide bonds. The first-order valence-corrected chi connectivity index (χ1v) is 54.9. The zero-order valence-electron chi connectivity index (χ0n) is 87.4. The normalized spacial score (nSPS) is 18.9. The van der Waals surface area contributed by atoms with Crippen LogP contribution in [0.2, 0.25) is 0 Å². The zero-order chi connectivity index (χ0) is 107. The molecule has 2 fully saturated rings. The average Bonchev–Trinajstić information content (AvgIpc) is 1.35. The Bertz CT molecular complexity index is 7350. The fraction of sp³-hybridized carbons (Fsp3) is 0.438. The van der Waals surface area contributed by atoms with E-state index in [1.165, 1.54) is 21.7 Å². The zero-order valence-corrected chi connectivity index (χ0v) is 89.9. The number of nitrogens with zero attached hydrogens (tertiary/aromatic N) is 12. The number of Topliss-reactive ketones (excluding diaryl/α,β-unsaturated/α-hetero) is 1. The topological polar surface area (TPSA) is 438 Å². The Hall–Kier alpha value is -13.5. The molecule has 0 radical (unpaired) electrons. The molecule has 0 bridgehead atoms. The van der Waals surface area contributed by atoms with E-state index in [1.807, 2.05) is 177 Å². The Morgan fingerprint density at radius 3 is 1.69 bits per heavy atom. The number of carboxylic acid groups (broad SMARTS) is 1. The number of rotatable bonds is 38. The molecular formula is C112H133N15O20S3. The summed E-state index contributed by atoms with van der Waals surface area (Å²) in [5, 5.41) is 59.0. The number of aliphatic carboxylic acids is 1. The van der Waals surface area contributed by atoms with Gasteiger partial charge in [-0.05, 0) is 244 Å². The monoisotopic (exact) mass is 2100 g/mol. The average molecular weight is 2110 g/mol. The number of nitrogens with one attached hydrogen (secondary N) is 3. The van der Waals surface area contributed by atoms with Crippen LogP contribution in [0, 0.1) is 26.2 Å². The number of amides is 6. The van der Waals surface area contributed by atoms with E-state index >= 15 is 0 Å². The van der Waals surface area contributed by atoms with Crippen molar-refractivity contribution in [1.82, 2.24) is 74.2 Å². The van der Waals surface area contributed by atoms with Crippen molar-refractivity contribution in [3.63, 3.8) is 0 Å². The molecule has 38 heteroatoms. The van der Waals surface area contributed by atoms with Crippen LogP contribution in [0.5, 0.6) is 28.7 Å². The van der Waals surface area contributed by atoms with Crippen LogP contribution in [0.15, 0.2) is 167 Å². The van der Waals surface area contributed by atoms with Crippen LogP contribution in [0.1, 0.15) is 237 Å². The van der Waals surface area contributed by atoms with Gasteiger partial charge in [-0.25, -0.2) is 31.2 Å². The molecule has 3 aromatic heterocycles. The maximum absolute atomic E-state index is 14.4. The number of carbonyl (C=O) groups excluding carboxylic acids is 7. The van der Waals surface area contributed by atoms with Crippen LogP contribution in [-0.4, -0.2) is 241 Å². The minimum Gasteiger partial charge on any atom is -0.494 e. The van der Waals surface area contributed by atoms with Crippen LogP contribution < -0.4 is 39.6 Å². The molecule has 794 valence electrons. The lowest BCUT2D eigenvalue weighted by Gasteiger charge is -2.42. The number of aliphatic hydroxyl groups is 2. The van der Waals surface area contributed by atoms with Gasteiger partial charge in [0, 0.05) is 89.4 Å². The number of likely N-dealkylation sites (N-methyl/N-ethyl adjacent to an activating group) is 1. The van der Waals surface area contributed by atoms with Crippen molar-refractivity contribution in [2.75, 3.05) is 60.6 Å². The van der Waals surface area contributed by atoms with Crippen LogP contribution in [0.25, 0.3) is 43.3 Å². The number of hydrogen-bond acceptors (Lipinski definition) is 26. The predicted molar refractivity (Wildman–Crippen MR) is 567 cm³/mol. The number of piperidine rings is 1. The van der Waals surface area contributed by atoms with E-state index in [4.69, 9.17) is 23.7 Å². The molecule has 6 N–H and O–H groups in total. The Morgan fingerprint density at radius 1 is 0.613 bits per heavy atom. The van der Waals surface area contributed by atoms with E-state index in [2.05, 4.69) is 41.6 Å². The van der Waals surface area contributed by atoms with Crippen molar-refractivity contribution >= 4 is 111 Å². The maximum Gasteiger partial charge on any atom is 0.304 e. The summed E-state index contributed by atoms with van der Waals surface area (Å²) in [4.78, 5) is 115. The van der Waals surface area contributed by atoms with Crippen molar-refractivity contribution in [3.8, 4) is 39.2 Å². The van der Waals surface area contributed by atoms with Gasteiger partial charge in [0.1, 0.15) is 90.9 Å². The third-order valence-electron chi connectivity index (χ3n) is 29.1. The lowest BCUT2D eigenvalue weighted by molar-refractivity contribution is -0.149.